The van der Waals surface area contributed by atoms with Gasteiger partial charge in [0.2, 0.25) is 10.0 Å². The molecule has 7 heteroatoms. The molecule has 1 unspecified atom stereocenters. The van der Waals surface area contributed by atoms with Crippen molar-refractivity contribution in [2.45, 2.75) is 51.1 Å². The quantitative estimate of drug-likeness (QED) is 0.584. The second-order valence-corrected chi connectivity index (χ2v) is 10.1. The summed E-state index contributed by atoms with van der Waals surface area (Å²) in [6, 6.07) is 14.2. The van der Waals surface area contributed by atoms with E-state index in [1.165, 1.54) is 0 Å². The molecule has 0 spiro atoms. The summed E-state index contributed by atoms with van der Waals surface area (Å²) in [5.41, 5.74) is 1.73. The number of hydrogen-bond acceptors (Lipinski definition) is 4. The minimum atomic E-state index is -3.72. The van der Waals surface area contributed by atoms with Crippen LogP contribution in [0.15, 0.2) is 58.2 Å². The number of nitrogens with one attached hydrogen (secondary N) is 1. The number of nitrogens with zero attached hydrogens (tertiary/aromatic N) is 1. The van der Waals surface area contributed by atoms with Crippen molar-refractivity contribution in [2.75, 3.05) is 0 Å². The Morgan fingerprint density at radius 1 is 1.11 bits per heavy atom. The summed E-state index contributed by atoms with van der Waals surface area (Å²) >= 11 is 1.09. The molecule has 150 valence electrons. The summed E-state index contributed by atoms with van der Waals surface area (Å²) < 4.78 is 31.4. The van der Waals surface area contributed by atoms with Crippen LogP contribution >= 0.6 is 11.3 Å². The van der Waals surface area contributed by atoms with Gasteiger partial charge >= 0.3 is 4.87 Å². The van der Waals surface area contributed by atoms with Gasteiger partial charge in [0.05, 0.1) is 15.1 Å². The van der Waals surface area contributed by atoms with Crippen molar-refractivity contribution in [3.63, 3.8) is 0 Å². The third-order valence-electron chi connectivity index (χ3n) is 4.60. The SMILES string of the molecule is CCCn1c(=O)sc2cc(S(=O)(=O)NC(CC(C)C)c3ccccc3)ccc21. The van der Waals surface area contributed by atoms with Crippen LogP contribution in [0.1, 0.15) is 45.2 Å². The van der Waals surface area contributed by atoms with Crippen molar-refractivity contribution in [3.05, 3.63) is 63.8 Å². The van der Waals surface area contributed by atoms with Crippen LogP contribution in [0, 0.1) is 5.92 Å². The molecular formula is C21H26N2O3S2. The fraction of sp³-hybridized carbons (Fsp3) is 0.381. The van der Waals surface area contributed by atoms with Crippen molar-refractivity contribution in [1.82, 2.24) is 9.29 Å². The first-order chi connectivity index (χ1) is 13.3. The Kier molecular flexibility index (Phi) is 6.37. The molecule has 0 aliphatic heterocycles. The van der Waals surface area contributed by atoms with Crippen LogP contribution in [0.25, 0.3) is 10.2 Å². The zero-order chi connectivity index (χ0) is 20.3. The molecule has 3 rings (SSSR count). The van der Waals surface area contributed by atoms with E-state index in [2.05, 4.69) is 18.6 Å². The summed E-state index contributed by atoms with van der Waals surface area (Å²) in [7, 11) is -3.72. The van der Waals surface area contributed by atoms with E-state index in [1.54, 1.807) is 22.8 Å². The molecule has 3 aromatic rings. The second-order valence-electron chi connectivity index (χ2n) is 7.36. The standard InChI is InChI=1S/C21H26N2O3S2/c1-4-12-23-19-11-10-17(14-20(19)27-21(23)24)28(25,26)22-18(13-15(2)3)16-8-6-5-7-9-16/h5-11,14-15,18,22H,4,12-13H2,1-3H3. The molecule has 0 bridgehead atoms. The zero-order valence-electron chi connectivity index (χ0n) is 16.4. The fourth-order valence-corrected chi connectivity index (χ4v) is 5.61. The van der Waals surface area contributed by atoms with Gasteiger partial charge < -0.3 is 0 Å². The van der Waals surface area contributed by atoms with Gasteiger partial charge in [0.25, 0.3) is 0 Å². The number of rotatable bonds is 8. The summed E-state index contributed by atoms with van der Waals surface area (Å²) in [5, 5.41) is 0. The van der Waals surface area contributed by atoms with Gasteiger partial charge in [-0.2, -0.15) is 0 Å². The minimum Gasteiger partial charge on any atom is -0.299 e. The Bertz CT molecular complexity index is 1100. The summed E-state index contributed by atoms with van der Waals surface area (Å²) in [4.78, 5) is 12.3. The minimum absolute atomic E-state index is 0.0543. The molecule has 5 nitrogen and oxygen atoms in total. The van der Waals surface area contributed by atoms with E-state index < -0.39 is 10.0 Å². The van der Waals surface area contributed by atoms with E-state index in [9.17, 15) is 13.2 Å². The van der Waals surface area contributed by atoms with Crippen molar-refractivity contribution >= 4 is 31.6 Å². The Hall–Kier alpha value is -1.96. The van der Waals surface area contributed by atoms with Crippen molar-refractivity contribution in [3.8, 4) is 0 Å². The number of aryl methyl sites for hydroxylation is 1. The maximum atomic E-state index is 13.1. The topological polar surface area (TPSA) is 68.2 Å². The zero-order valence-corrected chi connectivity index (χ0v) is 18.0. The third-order valence-corrected chi connectivity index (χ3v) is 7.01. The fourth-order valence-electron chi connectivity index (χ4n) is 3.31. The lowest BCUT2D eigenvalue weighted by Gasteiger charge is -2.21. The Balaban J connectivity index is 1.95. The lowest BCUT2D eigenvalue weighted by Crippen LogP contribution is -2.29. The summed E-state index contributed by atoms with van der Waals surface area (Å²) in [6.07, 6.45) is 1.55. The number of aromatic nitrogens is 1. The Morgan fingerprint density at radius 3 is 2.46 bits per heavy atom. The molecular weight excluding hydrogens is 392 g/mol. The van der Waals surface area contributed by atoms with Crippen LogP contribution in [0.4, 0.5) is 0 Å². The number of benzene rings is 2. The molecule has 0 aliphatic carbocycles. The van der Waals surface area contributed by atoms with Crippen LogP contribution < -0.4 is 9.60 Å². The molecule has 0 saturated heterocycles. The summed E-state index contributed by atoms with van der Waals surface area (Å²) in [6.45, 7) is 6.79. The predicted molar refractivity (Wildman–Crippen MR) is 115 cm³/mol. The van der Waals surface area contributed by atoms with Crippen molar-refractivity contribution in [1.29, 1.82) is 0 Å². The Morgan fingerprint density at radius 2 is 1.82 bits per heavy atom. The number of hydrogen-bond donors (Lipinski definition) is 1. The van der Waals surface area contributed by atoms with Gasteiger partial charge in [-0.1, -0.05) is 62.4 Å². The van der Waals surface area contributed by atoms with E-state index in [1.807, 2.05) is 37.3 Å². The first-order valence-corrected chi connectivity index (χ1v) is 11.8. The first-order valence-electron chi connectivity index (χ1n) is 9.52. The highest BCUT2D eigenvalue weighted by Gasteiger charge is 2.23. The van der Waals surface area contributed by atoms with Crippen molar-refractivity contribution < 1.29 is 8.42 Å². The Labute approximate surface area is 170 Å². The van der Waals surface area contributed by atoms with Crippen LogP contribution in [-0.2, 0) is 16.6 Å². The van der Waals surface area contributed by atoms with E-state index in [4.69, 9.17) is 0 Å². The largest absolute Gasteiger partial charge is 0.308 e. The molecule has 0 radical (unpaired) electrons. The van der Waals surface area contributed by atoms with E-state index >= 15 is 0 Å². The van der Waals surface area contributed by atoms with Gasteiger partial charge in [-0.05, 0) is 42.5 Å². The maximum absolute atomic E-state index is 13.1. The van der Waals surface area contributed by atoms with Crippen LogP contribution in [0.3, 0.4) is 0 Å². The van der Waals surface area contributed by atoms with Gasteiger partial charge in [0.15, 0.2) is 0 Å². The highest BCUT2D eigenvalue weighted by molar-refractivity contribution is 7.89. The van der Waals surface area contributed by atoms with Gasteiger partial charge in [0.1, 0.15) is 0 Å². The third kappa shape index (κ3) is 4.54. The van der Waals surface area contributed by atoms with Crippen LogP contribution in [-0.4, -0.2) is 13.0 Å². The van der Waals surface area contributed by atoms with Crippen LogP contribution in [0.2, 0.25) is 0 Å². The highest BCUT2D eigenvalue weighted by atomic mass is 32.2. The number of fused-ring (bicyclic) bond motifs is 1. The lowest BCUT2D eigenvalue weighted by molar-refractivity contribution is 0.472. The molecule has 28 heavy (non-hydrogen) atoms. The molecule has 0 fully saturated rings. The predicted octanol–water partition coefficient (Wildman–Crippen LogP) is 4.54. The highest BCUT2D eigenvalue weighted by Crippen LogP contribution is 2.26. The molecule has 0 aliphatic rings. The number of sulfonamides is 1. The average Bonchev–Trinajstić information content (AvgIpc) is 2.96. The van der Waals surface area contributed by atoms with Gasteiger partial charge in [-0.3, -0.25) is 9.36 Å². The smallest absolute Gasteiger partial charge is 0.299 e. The molecule has 2 aromatic carbocycles. The lowest BCUT2D eigenvalue weighted by atomic mass is 9.98. The monoisotopic (exact) mass is 418 g/mol. The second kappa shape index (κ2) is 8.59. The van der Waals surface area contributed by atoms with Crippen molar-refractivity contribution in [2.24, 2.45) is 5.92 Å². The van der Waals surface area contributed by atoms with Gasteiger partial charge in [-0.15, -0.1) is 0 Å². The molecule has 0 saturated carbocycles. The molecule has 1 heterocycles. The average molecular weight is 419 g/mol. The molecule has 0 amide bonds. The van der Waals surface area contributed by atoms with Gasteiger partial charge in [0, 0.05) is 12.6 Å². The molecule has 1 N–H and O–H groups in total. The molecule has 1 aromatic heterocycles. The normalized spacial score (nSPS) is 13.3. The van der Waals surface area contributed by atoms with Gasteiger partial charge in [-0.25, -0.2) is 13.1 Å². The van der Waals surface area contributed by atoms with Crippen LogP contribution in [0.5, 0.6) is 0 Å². The van der Waals surface area contributed by atoms with E-state index in [0.29, 0.717) is 23.6 Å². The molecule has 1 atom stereocenters. The first kappa shape index (κ1) is 20.8. The maximum Gasteiger partial charge on any atom is 0.308 e. The van der Waals surface area contributed by atoms with E-state index in [-0.39, 0.29) is 15.8 Å². The summed E-state index contributed by atoms with van der Waals surface area (Å²) in [5.74, 6) is 0.337. The number of thiazole rings is 1. The van der Waals surface area contributed by atoms with E-state index in [0.717, 1.165) is 28.8 Å².